The average Bonchev–Trinajstić information content (AvgIpc) is 2.89. The third-order valence-electron chi connectivity index (χ3n) is 5.08. The number of carbonyl (C=O) groups excluding carboxylic acids is 2. The van der Waals surface area contributed by atoms with E-state index in [1.54, 1.807) is 36.4 Å². The molecular formula is C28H21ClFN3O3. The summed E-state index contributed by atoms with van der Waals surface area (Å²) in [6.07, 6.45) is 1.51. The molecule has 0 aromatic heterocycles. The molecule has 0 spiro atoms. The van der Waals surface area contributed by atoms with Crippen LogP contribution in [0.4, 0.5) is 10.1 Å². The van der Waals surface area contributed by atoms with Crippen LogP contribution in [0.5, 0.6) is 5.75 Å². The number of nitrogens with one attached hydrogen (secondary N) is 2. The Kier molecular flexibility index (Phi) is 8.05. The first kappa shape index (κ1) is 24.6. The van der Waals surface area contributed by atoms with Crippen molar-refractivity contribution >= 4 is 35.3 Å². The molecule has 180 valence electrons. The number of hydrogen-bond donors (Lipinski definition) is 2. The van der Waals surface area contributed by atoms with Crippen LogP contribution in [0.25, 0.3) is 0 Å². The highest BCUT2D eigenvalue weighted by atomic mass is 35.5. The second-order valence-electron chi connectivity index (χ2n) is 7.70. The largest absolute Gasteiger partial charge is 0.489 e. The lowest BCUT2D eigenvalue weighted by Crippen LogP contribution is -2.18. The summed E-state index contributed by atoms with van der Waals surface area (Å²) in [4.78, 5) is 24.6. The molecule has 0 aliphatic carbocycles. The zero-order valence-electron chi connectivity index (χ0n) is 18.9. The van der Waals surface area contributed by atoms with Crippen molar-refractivity contribution in [1.29, 1.82) is 0 Å². The Labute approximate surface area is 212 Å². The highest BCUT2D eigenvalue weighted by Gasteiger charge is 2.11. The lowest BCUT2D eigenvalue weighted by molar-refractivity contribution is 0.0954. The molecule has 0 unspecified atom stereocenters. The molecule has 4 aromatic carbocycles. The van der Waals surface area contributed by atoms with Crippen molar-refractivity contribution in [2.45, 2.75) is 6.61 Å². The van der Waals surface area contributed by atoms with E-state index in [2.05, 4.69) is 15.8 Å². The number of nitrogens with zero attached hydrogens (tertiary/aromatic N) is 1. The zero-order chi connectivity index (χ0) is 25.3. The number of carbonyl (C=O) groups is 2. The first-order valence-corrected chi connectivity index (χ1v) is 11.3. The summed E-state index contributed by atoms with van der Waals surface area (Å²) in [7, 11) is 0. The Bertz CT molecular complexity index is 1390. The molecule has 4 rings (SSSR count). The summed E-state index contributed by atoms with van der Waals surface area (Å²) >= 11 is 5.90. The van der Waals surface area contributed by atoms with E-state index in [0.717, 1.165) is 11.1 Å². The lowest BCUT2D eigenvalue weighted by Gasteiger charge is -2.07. The second-order valence-corrected chi connectivity index (χ2v) is 8.13. The summed E-state index contributed by atoms with van der Waals surface area (Å²) < 4.78 is 19.6. The van der Waals surface area contributed by atoms with Gasteiger partial charge >= 0.3 is 0 Å². The fourth-order valence-electron chi connectivity index (χ4n) is 3.21. The molecule has 0 saturated heterocycles. The summed E-state index contributed by atoms with van der Waals surface area (Å²) in [6, 6.07) is 26.6. The predicted octanol–water partition coefficient (Wildman–Crippen LogP) is 6.07. The van der Waals surface area contributed by atoms with E-state index in [1.165, 1.54) is 36.5 Å². The van der Waals surface area contributed by atoms with Crippen molar-refractivity contribution in [2.24, 2.45) is 5.10 Å². The van der Waals surface area contributed by atoms with Crippen molar-refractivity contribution in [3.63, 3.8) is 0 Å². The van der Waals surface area contributed by atoms with Crippen LogP contribution in [0, 0.1) is 5.82 Å². The minimum absolute atomic E-state index is 0.0619. The molecule has 0 aliphatic rings. The summed E-state index contributed by atoms with van der Waals surface area (Å²) in [6.45, 7) is 0.394. The Hall–Kier alpha value is -4.49. The maximum absolute atomic E-state index is 13.8. The van der Waals surface area contributed by atoms with Crippen molar-refractivity contribution < 1.29 is 18.7 Å². The van der Waals surface area contributed by atoms with Crippen LogP contribution in [-0.2, 0) is 6.61 Å². The first-order valence-electron chi connectivity index (χ1n) is 10.9. The van der Waals surface area contributed by atoms with Gasteiger partial charge in [0.05, 0.1) is 11.8 Å². The van der Waals surface area contributed by atoms with Gasteiger partial charge in [-0.1, -0.05) is 48.0 Å². The van der Waals surface area contributed by atoms with Gasteiger partial charge in [0.15, 0.2) is 0 Å². The molecule has 2 N–H and O–H groups in total. The van der Waals surface area contributed by atoms with Crippen LogP contribution in [0.1, 0.15) is 31.8 Å². The van der Waals surface area contributed by atoms with Crippen LogP contribution in [0.15, 0.2) is 102 Å². The number of halogens is 2. The van der Waals surface area contributed by atoms with Gasteiger partial charge in [0.25, 0.3) is 11.8 Å². The lowest BCUT2D eigenvalue weighted by atomic mass is 10.1. The molecular weight excluding hydrogens is 481 g/mol. The van der Waals surface area contributed by atoms with E-state index in [9.17, 15) is 14.0 Å². The van der Waals surface area contributed by atoms with Gasteiger partial charge in [0.2, 0.25) is 0 Å². The predicted molar refractivity (Wildman–Crippen MR) is 138 cm³/mol. The number of ether oxygens (including phenoxy) is 1. The third-order valence-corrected chi connectivity index (χ3v) is 5.33. The molecule has 6 nitrogen and oxygen atoms in total. The van der Waals surface area contributed by atoms with Gasteiger partial charge in [0, 0.05) is 16.3 Å². The monoisotopic (exact) mass is 501 g/mol. The topological polar surface area (TPSA) is 79.8 Å². The second kappa shape index (κ2) is 11.8. The maximum atomic E-state index is 13.8. The first-order chi connectivity index (χ1) is 17.5. The Morgan fingerprint density at radius 2 is 1.64 bits per heavy atom. The smallest absolute Gasteiger partial charge is 0.271 e. The molecule has 0 radical (unpaired) electrons. The molecule has 4 aromatic rings. The van der Waals surface area contributed by atoms with Crippen LogP contribution < -0.4 is 15.5 Å². The summed E-state index contributed by atoms with van der Waals surface area (Å²) in [5.74, 6) is -0.946. The fourth-order valence-corrected chi connectivity index (χ4v) is 3.34. The van der Waals surface area contributed by atoms with Gasteiger partial charge in [0.1, 0.15) is 18.2 Å². The van der Waals surface area contributed by atoms with Crippen LogP contribution in [0.3, 0.4) is 0 Å². The molecule has 8 heteroatoms. The molecule has 0 heterocycles. The molecule has 0 fully saturated rings. The number of benzene rings is 4. The van der Waals surface area contributed by atoms with Crippen LogP contribution >= 0.6 is 11.6 Å². The Balaban J connectivity index is 1.29. The fraction of sp³-hybridized carbons (Fsp3) is 0.0357. The van der Waals surface area contributed by atoms with Crippen molar-refractivity contribution in [3.05, 3.63) is 130 Å². The van der Waals surface area contributed by atoms with E-state index in [1.807, 2.05) is 30.3 Å². The van der Waals surface area contributed by atoms with Gasteiger partial charge in [-0.25, -0.2) is 9.82 Å². The van der Waals surface area contributed by atoms with E-state index in [4.69, 9.17) is 16.3 Å². The number of hydrazone groups is 1. The van der Waals surface area contributed by atoms with E-state index in [0.29, 0.717) is 28.6 Å². The van der Waals surface area contributed by atoms with Gasteiger partial charge in [-0.05, 0) is 71.8 Å². The average molecular weight is 502 g/mol. The van der Waals surface area contributed by atoms with Gasteiger partial charge in [-0.3, -0.25) is 9.59 Å². The minimum Gasteiger partial charge on any atom is -0.489 e. The van der Waals surface area contributed by atoms with E-state index >= 15 is 0 Å². The number of hydrogen-bond acceptors (Lipinski definition) is 4. The zero-order valence-corrected chi connectivity index (χ0v) is 19.7. The number of rotatable bonds is 8. The molecule has 36 heavy (non-hydrogen) atoms. The van der Waals surface area contributed by atoms with Crippen molar-refractivity contribution in [1.82, 2.24) is 5.43 Å². The van der Waals surface area contributed by atoms with E-state index in [-0.39, 0.29) is 5.56 Å². The number of amides is 2. The summed E-state index contributed by atoms with van der Waals surface area (Å²) in [5.41, 5.74) is 4.91. The molecule has 0 aliphatic heterocycles. The van der Waals surface area contributed by atoms with Gasteiger partial charge in [-0.2, -0.15) is 5.10 Å². The highest BCUT2D eigenvalue weighted by Crippen LogP contribution is 2.16. The van der Waals surface area contributed by atoms with Crippen LogP contribution in [0.2, 0.25) is 5.02 Å². The molecule has 0 bridgehead atoms. The molecule has 0 saturated carbocycles. The normalized spacial score (nSPS) is 10.7. The third kappa shape index (κ3) is 6.77. The number of anilines is 1. The standard InChI is InChI=1S/C28H21ClFN3O3/c29-22-12-8-19(9-13-22)18-36-24-5-3-4-20(16-24)17-31-33-27(34)21-10-14-23(15-11-21)32-28(35)25-6-1-2-7-26(25)30/h1-17H,18H2,(H,32,35)(H,33,34)/b31-17+. The quantitative estimate of drug-likeness (QED) is 0.227. The Morgan fingerprint density at radius 1 is 0.889 bits per heavy atom. The van der Waals surface area contributed by atoms with Crippen LogP contribution in [-0.4, -0.2) is 18.0 Å². The van der Waals surface area contributed by atoms with Crippen molar-refractivity contribution in [2.75, 3.05) is 5.32 Å². The highest BCUT2D eigenvalue weighted by molar-refractivity contribution is 6.30. The minimum atomic E-state index is -0.609. The molecule has 0 atom stereocenters. The van der Waals surface area contributed by atoms with Crippen molar-refractivity contribution in [3.8, 4) is 5.75 Å². The molecule has 2 amide bonds. The van der Waals surface area contributed by atoms with E-state index < -0.39 is 17.6 Å². The Morgan fingerprint density at radius 3 is 2.39 bits per heavy atom. The summed E-state index contributed by atoms with van der Waals surface area (Å²) in [5, 5.41) is 7.27. The van der Waals surface area contributed by atoms with Gasteiger partial charge < -0.3 is 10.1 Å². The maximum Gasteiger partial charge on any atom is 0.271 e. The van der Waals surface area contributed by atoms with Gasteiger partial charge in [-0.15, -0.1) is 0 Å². The SMILES string of the molecule is O=C(N/N=C/c1cccc(OCc2ccc(Cl)cc2)c1)c1ccc(NC(=O)c2ccccc2F)cc1.